The number of rotatable bonds is 5. The van der Waals surface area contributed by atoms with E-state index in [2.05, 4.69) is 0 Å². The molecule has 8 heteroatoms. The van der Waals surface area contributed by atoms with Crippen LogP contribution in [-0.4, -0.2) is 33.7 Å². The van der Waals surface area contributed by atoms with E-state index in [1.54, 1.807) is 36.1 Å². The average molecular weight is 430 g/mol. The number of likely N-dealkylation sites (tertiary alicyclic amines) is 1. The Morgan fingerprint density at radius 1 is 1.27 bits per heavy atom. The molecule has 1 unspecified atom stereocenters. The van der Waals surface area contributed by atoms with Crippen molar-refractivity contribution < 1.29 is 24.2 Å². The molecule has 1 aliphatic heterocycles. The van der Waals surface area contributed by atoms with Gasteiger partial charge < -0.3 is 19.4 Å². The van der Waals surface area contributed by atoms with Crippen LogP contribution in [0.5, 0.6) is 17.2 Å². The van der Waals surface area contributed by atoms with Gasteiger partial charge in [0.2, 0.25) is 11.2 Å². The first-order valence-corrected chi connectivity index (χ1v) is 9.91. The van der Waals surface area contributed by atoms with Crippen molar-refractivity contribution in [1.82, 2.24) is 4.90 Å². The van der Waals surface area contributed by atoms with Gasteiger partial charge in [-0.2, -0.15) is 0 Å². The van der Waals surface area contributed by atoms with Gasteiger partial charge in [0, 0.05) is 11.6 Å². The van der Waals surface area contributed by atoms with Crippen molar-refractivity contribution in [2.24, 2.45) is 0 Å². The molecular formula is C22H20ClNO6. The van der Waals surface area contributed by atoms with Crippen molar-refractivity contribution >= 4 is 28.5 Å². The molecule has 0 amide bonds. The van der Waals surface area contributed by atoms with Crippen molar-refractivity contribution in [3.63, 3.8) is 0 Å². The van der Waals surface area contributed by atoms with E-state index in [1.165, 1.54) is 12.1 Å². The molecule has 156 valence electrons. The summed E-state index contributed by atoms with van der Waals surface area (Å²) in [6.07, 6.45) is 1.30. The van der Waals surface area contributed by atoms with E-state index < -0.39 is 12.0 Å². The molecule has 7 nitrogen and oxygen atoms in total. The molecule has 1 atom stereocenters. The Bertz CT molecular complexity index is 1170. The second kappa shape index (κ2) is 8.01. The van der Waals surface area contributed by atoms with Crippen molar-refractivity contribution in [3.8, 4) is 17.2 Å². The third kappa shape index (κ3) is 3.74. The number of halogens is 1. The zero-order valence-corrected chi connectivity index (χ0v) is 17.0. The van der Waals surface area contributed by atoms with Gasteiger partial charge in [0.15, 0.2) is 0 Å². The number of aliphatic carboxylic acids is 1. The molecule has 30 heavy (non-hydrogen) atoms. The minimum atomic E-state index is -0.900. The molecule has 1 fully saturated rings. The van der Waals surface area contributed by atoms with Crippen LogP contribution in [0.25, 0.3) is 11.0 Å². The van der Waals surface area contributed by atoms with Crippen LogP contribution in [0.15, 0.2) is 45.6 Å². The molecule has 1 aliphatic rings. The summed E-state index contributed by atoms with van der Waals surface area (Å²) < 4.78 is 11.6. The second-order valence-electron chi connectivity index (χ2n) is 7.28. The van der Waals surface area contributed by atoms with E-state index in [-0.39, 0.29) is 40.2 Å². The molecule has 0 bridgehead atoms. The van der Waals surface area contributed by atoms with Gasteiger partial charge in [0.05, 0.1) is 10.9 Å². The summed E-state index contributed by atoms with van der Waals surface area (Å²) in [6.45, 7) is 2.36. The predicted octanol–water partition coefficient (Wildman–Crippen LogP) is 4.30. The summed E-state index contributed by atoms with van der Waals surface area (Å²) >= 11 is 5.89. The number of nitrogens with zero attached hydrogens (tertiary/aromatic N) is 1. The SMILES string of the molecule is Cc1oc2c(CN3CCCC3C(=O)O)c(O)ccc2c(=O)c1Oc1ccc(Cl)cc1. The highest BCUT2D eigenvalue weighted by atomic mass is 35.5. The number of hydrogen-bond donors (Lipinski definition) is 2. The smallest absolute Gasteiger partial charge is 0.320 e. The van der Waals surface area contributed by atoms with Gasteiger partial charge in [-0.15, -0.1) is 0 Å². The maximum atomic E-state index is 13.1. The van der Waals surface area contributed by atoms with Gasteiger partial charge in [-0.1, -0.05) is 11.6 Å². The van der Waals surface area contributed by atoms with E-state index >= 15 is 0 Å². The Hall–Kier alpha value is -3.03. The average Bonchev–Trinajstić information content (AvgIpc) is 3.17. The predicted molar refractivity (Wildman–Crippen MR) is 111 cm³/mol. The summed E-state index contributed by atoms with van der Waals surface area (Å²) in [6, 6.07) is 8.87. The molecule has 0 spiro atoms. The monoisotopic (exact) mass is 429 g/mol. The van der Waals surface area contributed by atoms with Gasteiger partial charge in [-0.3, -0.25) is 14.5 Å². The lowest BCUT2D eigenvalue weighted by Gasteiger charge is -2.22. The van der Waals surface area contributed by atoms with Gasteiger partial charge in [0.25, 0.3) is 0 Å². The van der Waals surface area contributed by atoms with Crippen molar-refractivity contribution in [2.75, 3.05) is 6.54 Å². The van der Waals surface area contributed by atoms with Crippen molar-refractivity contribution in [3.05, 3.63) is 63.0 Å². The maximum absolute atomic E-state index is 13.1. The third-order valence-corrected chi connectivity index (χ3v) is 5.56. The summed E-state index contributed by atoms with van der Waals surface area (Å²) in [7, 11) is 0. The zero-order valence-electron chi connectivity index (χ0n) is 16.2. The molecule has 0 aliphatic carbocycles. The number of phenolic OH excluding ortho intramolecular Hbond substituents is 1. The molecule has 2 aromatic carbocycles. The fourth-order valence-electron chi connectivity index (χ4n) is 3.78. The van der Waals surface area contributed by atoms with E-state index in [9.17, 15) is 19.8 Å². The Labute approximate surface area is 177 Å². The van der Waals surface area contributed by atoms with Crippen LogP contribution in [0.4, 0.5) is 0 Å². The van der Waals surface area contributed by atoms with Crippen LogP contribution >= 0.6 is 11.6 Å². The normalized spacial score (nSPS) is 16.8. The highest BCUT2D eigenvalue weighted by Crippen LogP contribution is 2.33. The Morgan fingerprint density at radius 2 is 2.00 bits per heavy atom. The van der Waals surface area contributed by atoms with Crippen LogP contribution in [-0.2, 0) is 11.3 Å². The maximum Gasteiger partial charge on any atom is 0.320 e. The van der Waals surface area contributed by atoms with E-state index in [1.807, 2.05) is 0 Å². The fraction of sp³-hybridized carbons (Fsp3) is 0.273. The number of hydrogen-bond acceptors (Lipinski definition) is 6. The third-order valence-electron chi connectivity index (χ3n) is 5.31. The molecule has 1 aromatic heterocycles. The van der Waals surface area contributed by atoms with Crippen molar-refractivity contribution in [1.29, 1.82) is 0 Å². The van der Waals surface area contributed by atoms with E-state index in [0.717, 1.165) is 6.42 Å². The van der Waals surface area contributed by atoms with Gasteiger partial charge in [-0.05, 0) is 62.7 Å². The number of carboxylic acid groups (broad SMARTS) is 1. The van der Waals surface area contributed by atoms with E-state index in [0.29, 0.717) is 29.3 Å². The van der Waals surface area contributed by atoms with Crippen LogP contribution in [0.3, 0.4) is 0 Å². The number of carboxylic acids is 1. The Balaban J connectivity index is 1.76. The van der Waals surface area contributed by atoms with Crippen LogP contribution in [0.1, 0.15) is 24.2 Å². The quantitative estimate of drug-likeness (QED) is 0.623. The minimum absolute atomic E-state index is 0.0473. The van der Waals surface area contributed by atoms with Crippen LogP contribution < -0.4 is 10.2 Å². The number of aromatic hydroxyl groups is 1. The first kappa shape index (κ1) is 20.3. The molecular weight excluding hydrogens is 410 g/mol. The molecule has 4 rings (SSSR count). The summed E-state index contributed by atoms with van der Waals surface area (Å²) in [4.78, 5) is 26.4. The number of aryl methyl sites for hydroxylation is 1. The Morgan fingerprint density at radius 3 is 2.70 bits per heavy atom. The number of phenols is 1. The lowest BCUT2D eigenvalue weighted by atomic mass is 10.1. The highest BCUT2D eigenvalue weighted by Gasteiger charge is 2.32. The van der Waals surface area contributed by atoms with Crippen LogP contribution in [0, 0.1) is 6.92 Å². The summed E-state index contributed by atoms with van der Waals surface area (Å²) in [5, 5.41) is 20.7. The number of fused-ring (bicyclic) bond motifs is 1. The molecule has 2 heterocycles. The number of benzene rings is 2. The topological polar surface area (TPSA) is 100 Å². The molecule has 0 radical (unpaired) electrons. The largest absolute Gasteiger partial charge is 0.507 e. The lowest BCUT2D eigenvalue weighted by Crippen LogP contribution is -2.35. The van der Waals surface area contributed by atoms with Crippen LogP contribution in [0.2, 0.25) is 5.02 Å². The lowest BCUT2D eigenvalue weighted by molar-refractivity contribution is -0.142. The standard InChI is InChI=1S/C22H20ClNO6/c1-12-20(30-14-6-4-13(23)5-7-14)19(26)15-8-9-18(25)16(21(15)29-12)11-24-10-2-3-17(24)22(27)28/h4-9,17,25H,2-3,10-11H2,1H3,(H,27,28). The highest BCUT2D eigenvalue weighted by molar-refractivity contribution is 6.30. The van der Waals surface area contributed by atoms with Gasteiger partial charge >= 0.3 is 5.97 Å². The Kier molecular flexibility index (Phi) is 5.40. The second-order valence-corrected chi connectivity index (χ2v) is 7.72. The molecule has 0 saturated carbocycles. The summed E-state index contributed by atoms with van der Waals surface area (Å²) in [5.74, 6) is -0.206. The van der Waals surface area contributed by atoms with Crippen molar-refractivity contribution in [2.45, 2.75) is 32.4 Å². The number of carbonyl (C=O) groups is 1. The summed E-state index contributed by atoms with van der Waals surface area (Å²) in [5.41, 5.74) is 0.247. The first-order valence-electron chi connectivity index (χ1n) is 9.53. The molecule has 2 N–H and O–H groups in total. The number of ether oxygens (including phenoxy) is 1. The minimum Gasteiger partial charge on any atom is -0.507 e. The van der Waals surface area contributed by atoms with E-state index in [4.69, 9.17) is 20.8 Å². The fourth-order valence-corrected chi connectivity index (χ4v) is 3.91. The van der Waals surface area contributed by atoms with Gasteiger partial charge in [0.1, 0.15) is 28.9 Å². The van der Waals surface area contributed by atoms with Gasteiger partial charge in [-0.25, -0.2) is 0 Å². The molecule has 3 aromatic rings. The molecule has 1 saturated heterocycles. The first-order chi connectivity index (χ1) is 14.3. The zero-order chi connectivity index (χ0) is 21.4.